The average molecular weight is 624 g/mol. The van der Waals surface area contributed by atoms with E-state index in [0.717, 1.165) is 11.1 Å². The van der Waals surface area contributed by atoms with E-state index < -0.39 is 46.9 Å². The number of carbonyl (C=O) groups is 4. The normalized spacial score (nSPS) is 15.0. The highest BCUT2D eigenvalue weighted by Gasteiger charge is 2.56. The fourth-order valence-corrected chi connectivity index (χ4v) is 6.09. The molecule has 4 atom stereocenters. The van der Waals surface area contributed by atoms with Crippen molar-refractivity contribution in [2.24, 2.45) is 34.9 Å². The van der Waals surface area contributed by atoms with E-state index in [1.165, 1.54) is 0 Å². The molecule has 2 unspecified atom stereocenters. The molecule has 2 aromatic rings. The number of hydrogen-bond acceptors (Lipinski definition) is 7. The van der Waals surface area contributed by atoms with E-state index in [0.29, 0.717) is 12.8 Å². The molecule has 0 saturated carbocycles. The lowest BCUT2D eigenvalue weighted by Gasteiger charge is -2.45. The quantitative estimate of drug-likeness (QED) is 0.0883. The van der Waals surface area contributed by atoms with Crippen molar-refractivity contribution in [2.75, 3.05) is 0 Å². The fourth-order valence-electron chi connectivity index (χ4n) is 6.09. The Hall–Kier alpha value is -3.72. The van der Waals surface area contributed by atoms with Crippen LogP contribution in [0.2, 0.25) is 0 Å². The summed E-state index contributed by atoms with van der Waals surface area (Å²) in [7, 11) is 0. The van der Waals surface area contributed by atoms with Crippen LogP contribution >= 0.6 is 0 Å². The summed E-state index contributed by atoms with van der Waals surface area (Å²) in [5.41, 5.74) is 1.76. The number of hydrazine groups is 1. The van der Waals surface area contributed by atoms with Crippen molar-refractivity contribution >= 4 is 23.8 Å². The first kappa shape index (κ1) is 37.5. The molecule has 9 heteroatoms. The minimum atomic E-state index is -1.40. The first-order valence-electron chi connectivity index (χ1n) is 15.9. The number of hydrogen-bond donors (Lipinski definition) is 3. The molecule has 45 heavy (non-hydrogen) atoms. The van der Waals surface area contributed by atoms with Crippen molar-refractivity contribution in [3.05, 3.63) is 71.8 Å². The molecule has 0 bridgehead atoms. The molecule has 0 saturated heterocycles. The van der Waals surface area contributed by atoms with Crippen LogP contribution in [0.25, 0.3) is 0 Å². The van der Waals surface area contributed by atoms with Gasteiger partial charge in [0.15, 0.2) is 5.78 Å². The highest BCUT2D eigenvalue weighted by Crippen LogP contribution is 2.47. The lowest BCUT2D eigenvalue weighted by atomic mass is 9.58. The molecule has 248 valence electrons. The molecule has 0 aliphatic carbocycles. The van der Waals surface area contributed by atoms with Gasteiger partial charge in [0, 0.05) is 5.41 Å². The Morgan fingerprint density at radius 1 is 0.822 bits per heavy atom. The lowest BCUT2D eigenvalue weighted by molar-refractivity contribution is -0.175. The highest BCUT2D eigenvalue weighted by molar-refractivity contribution is 5.97. The number of Topliss-reactive ketones (excluding diaryl/α,β-unsaturated/α-hetero) is 1. The molecule has 4 N–H and O–H groups in total. The first-order valence-corrected chi connectivity index (χ1v) is 15.9. The number of rotatable bonds is 16. The van der Waals surface area contributed by atoms with Crippen molar-refractivity contribution in [3.8, 4) is 0 Å². The van der Waals surface area contributed by atoms with Gasteiger partial charge in [-0.15, -0.1) is 0 Å². The van der Waals surface area contributed by atoms with E-state index in [-0.39, 0.29) is 37.1 Å². The van der Waals surface area contributed by atoms with Crippen LogP contribution in [0.5, 0.6) is 0 Å². The molecule has 0 aromatic heterocycles. The van der Waals surface area contributed by atoms with Crippen LogP contribution in [0.1, 0.15) is 85.8 Å². The molecule has 0 radical (unpaired) electrons. The molecule has 9 nitrogen and oxygen atoms in total. The number of alkyl carbamates (subject to hydrolysis) is 1. The standard InChI is InChI=1S/C36H53N3O6/c1-24(2)21-29(32(41)39-37)30(33(42)45-35(6,7)8)36(22-25(3)4,20-19-27-15-11-9-12-16-27)31(40)26(5)38-34(43)44-23-28-17-13-10-14-18-28/h9-18,24-26,29-30H,19-23,37H2,1-8H3,(H,38,43)(H,39,41)/t26-,29-,30?,36?/m1/s1. The first-order chi connectivity index (χ1) is 21.1. The summed E-state index contributed by atoms with van der Waals surface area (Å²) in [6.45, 7) is 14.7. The molecule has 0 fully saturated rings. The van der Waals surface area contributed by atoms with Gasteiger partial charge in [0.25, 0.3) is 0 Å². The fraction of sp³-hybridized carbons (Fsp3) is 0.556. The van der Waals surface area contributed by atoms with Gasteiger partial charge < -0.3 is 14.8 Å². The Morgan fingerprint density at radius 2 is 1.38 bits per heavy atom. The van der Waals surface area contributed by atoms with Gasteiger partial charge in [-0.2, -0.15) is 0 Å². The number of ether oxygens (including phenoxy) is 2. The number of nitrogens with two attached hydrogens (primary N) is 1. The maximum Gasteiger partial charge on any atom is 0.408 e. The van der Waals surface area contributed by atoms with E-state index in [1.807, 2.05) is 88.4 Å². The third kappa shape index (κ3) is 11.6. The molecular formula is C36H53N3O6. The van der Waals surface area contributed by atoms with Crippen molar-refractivity contribution in [1.82, 2.24) is 10.7 Å². The number of nitrogens with one attached hydrogen (secondary N) is 2. The Morgan fingerprint density at radius 3 is 1.87 bits per heavy atom. The van der Waals surface area contributed by atoms with Gasteiger partial charge in [0.1, 0.15) is 12.2 Å². The Labute approximate surface area is 269 Å². The van der Waals surface area contributed by atoms with Crippen molar-refractivity contribution in [1.29, 1.82) is 0 Å². The maximum atomic E-state index is 14.9. The van der Waals surface area contributed by atoms with Gasteiger partial charge in [0.2, 0.25) is 5.91 Å². The molecule has 2 rings (SSSR count). The van der Waals surface area contributed by atoms with Gasteiger partial charge in [-0.25, -0.2) is 10.6 Å². The third-order valence-electron chi connectivity index (χ3n) is 7.77. The summed E-state index contributed by atoms with van der Waals surface area (Å²) >= 11 is 0. The number of ketones is 1. The van der Waals surface area contributed by atoms with Crippen LogP contribution in [0, 0.1) is 29.1 Å². The van der Waals surface area contributed by atoms with E-state index in [4.69, 9.17) is 15.3 Å². The SMILES string of the molecule is CC(C)C[C@@H](C(=O)NN)C(C(=O)OC(C)(C)C)C(CCc1ccccc1)(CC(C)C)C(=O)[C@@H](C)NC(=O)OCc1ccccc1. The highest BCUT2D eigenvalue weighted by atomic mass is 16.6. The van der Waals surface area contributed by atoms with Gasteiger partial charge >= 0.3 is 12.1 Å². The second-order valence-electron chi connectivity index (χ2n) is 13.8. The zero-order chi connectivity index (χ0) is 33.8. The number of amides is 2. The number of carbonyl (C=O) groups excluding carboxylic acids is 4. The molecule has 0 aliphatic rings. The third-order valence-corrected chi connectivity index (χ3v) is 7.77. The van der Waals surface area contributed by atoms with Gasteiger partial charge in [-0.3, -0.25) is 19.8 Å². The van der Waals surface area contributed by atoms with Gasteiger partial charge in [-0.05, 0) is 76.3 Å². The summed E-state index contributed by atoms with van der Waals surface area (Å²) < 4.78 is 11.4. The number of benzene rings is 2. The summed E-state index contributed by atoms with van der Waals surface area (Å²) in [6.07, 6.45) is 0.526. The van der Waals surface area contributed by atoms with Crippen LogP contribution in [0.15, 0.2) is 60.7 Å². The number of esters is 1. The Bertz CT molecular complexity index is 1240. The monoisotopic (exact) mass is 623 g/mol. The van der Waals surface area contributed by atoms with Crippen molar-refractivity contribution in [3.63, 3.8) is 0 Å². The second-order valence-corrected chi connectivity index (χ2v) is 13.8. The lowest BCUT2D eigenvalue weighted by Crippen LogP contribution is -2.57. The topological polar surface area (TPSA) is 137 Å². The summed E-state index contributed by atoms with van der Waals surface area (Å²) in [5, 5.41) is 2.70. The van der Waals surface area contributed by atoms with Gasteiger partial charge in [0.05, 0.1) is 17.9 Å². The second kappa shape index (κ2) is 17.1. The smallest absolute Gasteiger partial charge is 0.408 e. The summed E-state index contributed by atoms with van der Waals surface area (Å²) in [5.74, 6) is 1.97. The number of aryl methyl sites for hydroxylation is 1. The van der Waals surface area contributed by atoms with Crippen LogP contribution in [-0.2, 0) is 36.9 Å². The predicted molar refractivity (Wildman–Crippen MR) is 175 cm³/mol. The van der Waals surface area contributed by atoms with Crippen LogP contribution in [0.3, 0.4) is 0 Å². The minimum absolute atomic E-state index is 0.00160. The van der Waals surface area contributed by atoms with E-state index >= 15 is 0 Å². The average Bonchev–Trinajstić information content (AvgIpc) is 2.97. The minimum Gasteiger partial charge on any atom is -0.460 e. The summed E-state index contributed by atoms with van der Waals surface area (Å²) in [4.78, 5) is 55.7. The van der Waals surface area contributed by atoms with Crippen molar-refractivity contribution in [2.45, 2.75) is 99.3 Å². The maximum absolute atomic E-state index is 14.9. The molecule has 2 aromatic carbocycles. The van der Waals surface area contributed by atoms with E-state index in [9.17, 15) is 19.2 Å². The Balaban J connectivity index is 2.68. The Kier molecular flexibility index (Phi) is 14.2. The molecule has 0 aliphatic heterocycles. The summed E-state index contributed by atoms with van der Waals surface area (Å²) in [6, 6.07) is 17.9. The molecule has 0 heterocycles. The van der Waals surface area contributed by atoms with E-state index in [2.05, 4.69) is 10.7 Å². The van der Waals surface area contributed by atoms with E-state index in [1.54, 1.807) is 27.7 Å². The van der Waals surface area contributed by atoms with Crippen LogP contribution in [0.4, 0.5) is 4.79 Å². The molecular weight excluding hydrogens is 570 g/mol. The molecule has 2 amide bonds. The zero-order valence-electron chi connectivity index (χ0n) is 28.2. The van der Waals surface area contributed by atoms with Gasteiger partial charge in [-0.1, -0.05) is 88.4 Å². The largest absolute Gasteiger partial charge is 0.460 e. The predicted octanol–water partition coefficient (Wildman–Crippen LogP) is 6.15. The molecule has 0 spiro atoms. The van der Waals surface area contributed by atoms with Crippen molar-refractivity contribution < 1.29 is 28.7 Å². The van der Waals surface area contributed by atoms with Crippen LogP contribution < -0.4 is 16.6 Å². The van der Waals surface area contributed by atoms with Crippen LogP contribution in [-0.4, -0.2) is 35.4 Å². The zero-order valence-corrected chi connectivity index (χ0v) is 28.2.